The third kappa shape index (κ3) is 1.56. The second kappa shape index (κ2) is 4.52. The molecule has 0 saturated heterocycles. The molecule has 0 bridgehead atoms. The van der Waals surface area contributed by atoms with Gasteiger partial charge in [-0.25, -0.2) is 0 Å². The molecule has 110 valence electrons. The van der Waals surface area contributed by atoms with Crippen molar-refractivity contribution in [1.82, 2.24) is 0 Å². The van der Waals surface area contributed by atoms with Gasteiger partial charge in [-0.1, -0.05) is 12.1 Å². The molecular formula is C18H14O4. The lowest BCUT2D eigenvalue weighted by atomic mass is 9.79. The summed E-state index contributed by atoms with van der Waals surface area (Å²) in [6, 6.07) is 3.82. The van der Waals surface area contributed by atoms with Crippen LogP contribution in [0.3, 0.4) is 0 Å². The number of hydrogen-bond acceptors (Lipinski definition) is 4. The number of fused-ring (bicyclic) bond motifs is 5. The number of carbonyl (C=O) groups is 2. The maximum Gasteiger partial charge on any atom is 0.237 e. The van der Waals surface area contributed by atoms with Crippen LogP contribution in [0.5, 0.6) is 0 Å². The van der Waals surface area contributed by atoms with Gasteiger partial charge in [0.25, 0.3) is 0 Å². The predicted octanol–water partition coefficient (Wildman–Crippen LogP) is 3.17. The van der Waals surface area contributed by atoms with E-state index in [1.807, 2.05) is 19.1 Å². The first-order chi connectivity index (χ1) is 10.6. The lowest BCUT2D eigenvalue weighted by molar-refractivity contribution is 0.0812. The number of ketones is 2. The molecule has 2 aliphatic rings. The Balaban J connectivity index is 2.06. The number of benzene rings is 1. The summed E-state index contributed by atoms with van der Waals surface area (Å²) in [5, 5.41) is 9.33. The first kappa shape index (κ1) is 13.2. The molecule has 2 aliphatic carbocycles. The highest BCUT2D eigenvalue weighted by Gasteiger charge is 2.37. The lowest BCUT2D eigenvalue weighted by Crippen LogP contribution is -2.24. The highest BCUT2D eigenvalue weighted by molar-refractivity contribution is 6.53. The van der Waals surface area contributed by atoms with Crippen molar-refractivity contribution in [2.75, 3.05) is 0 Å². The Hall–Kier alpha value is -2.46. The van der Waals surface area contributed by atoms with Gasteiger partial charge in [-0.3, -0.25) is 9.59 Å². The van der Waals surface area contributed by atoms with Crippen LogP contribution in [-0.4, -0.2) is 16.7 Å². The van der Waals surface area contributed by atoms with Crippen LogP contribution in [0.4, 0.5) is 0 Å². The van der Waals surface area contributed by atoms with E-state index in [9.17, 15) is 14.7 Å². The SMILES string of the molecule is CC1=CCCc2c1ccc1c2C(=O)C(=O)c2c(CO)coc2-1. The summed E-state index contributed by atoms with van der Waals surface area (Å²) in [6.07, 6.45) is 5.11. The molecule has 4 nitrogen and oxygen atoms in total. The topological polar surface area (TPSA) is 67.5 Å². The van der Waals surface area contributed by atoms with Crippen LogP contribution >= 0.6 is 0 Å². The molecule has 0 saturated carbocycles. The summed E-state index contributed by atoms with van der Waals surface area (Å²) in [4.78, 5) is 25.1. The number of aliphatic hydroxyl groups excluding tert-OH is 1. The van der Waals surface area contributed by atoms with Crippen LogP contribution in [0.15, 0.2) is 28.9 Å². The normalized spacial score (nSPS) is 16.0. The second-order valence-corrected chi connectivity index (χ2v) is 5.72. The first-order valence-electron chi connectivity index (χ1n) is 7.27. The van der Waals surface area contributed by atoms with Crippen molar-refractivity contribution in [3.8, 4) is 11.3 Å². The molecule has 0 atom stereocenters. The standard InChI is InChI=1S/C18H14O4/c1-9-3-2-4-12-11(9)5-6-13-15(12)17(21)16(20)14-10(7-19)8-22-18(13)14/h3,5-6,8,19H,2,4,7H2,1H3. The zero-order chi connectivity index (χ0) is 15.4. The number of aliphatic hydroxyl groups is 1. The minimum atomic E-state index is -0.582. The van der Waals surface area contributed by atoms with E-state index in [1.165, 1.54) is 6.26 Å². The minimum Gasteiger partial charge on any atom is -0.463 e. The van der Waals surface area contributed by atoms with E-state index in [1.54, 1.807) is 0 Å². The smallest absolute Gasteiger partial charge is 0.237 e. The van der Waals surface area contributed by atoms with Gasteiger partial charge in [0.1, 0.15) is 5.76 Å². The van der Waals surface area contributed by atoms with Crippen molar-refractivity contribution in [3.63, 3.8) is 0 Å². The van der Waals surface area contributed by atoms with E-state index in [2.05, 4.69) is 6.08 Å². The highest BCUT2D eigenvalue weighted by Crippen LogP contribution is 2.41. The fourth-order valence-corrected chi connectivity index (χ4v) is 3.45. The van der Waals surface area contributed by atoms with Gasteiger partial charge in [-0.05, 0) is 42.5 Å². The molecule has 0 fully saturated rings. The molecule has 1 aromatic carbocycles. The molecule has 0 unspecified atom stereocenters. The van der Waals surface area contributed by atoms with Gasteiger partial charge in [0.05, 0.1) is 18.4 Å². The minimum absolute atomic E-state index is 0.211. The Morgan fingerprint density at radius 3 is 2.64 bits per heavy atom. The average Bonchev–Trinajstić information content (AvgIpc) is 2.96. The van der Waals surface area contributed by atoms with Gasteiger partial charge in [-0.15, -0.1) is 0 Å². The van der Waals surface area contributed by atoms with Crippen LogP contribution in [0.2, 0.25) is 0 Å². The predicted molar refractivity (Wildman–Crippen MR) is 80.7 cm³/mol. The van der Waals surface area contributed by atoms with E-state index < -0.39 is 11.6 Å². The molecule has 2 aromatic rings. The van der Waals surface area contributed by atoms with Crippen molar-refractivity contribution >= 4 is 17.1 Å². The Bertz CT molecular complexity index is 867. The van der Waals surface area contributed by atoms with E-state index in [-0.39, 0.29) is 12.2 Å². The van der Waals surface area contributed by atoms with Crippen molar-refractivity contribution < 1.29 is 19.1 Å². The molecule has 22 heavy (non-hydrogen) atoms. The van der Waals surface area contributed by atoms with Crippen LogP contribution < -0.4 is 0 Å². The first-order valence-corrected chi connectivity index (χ1v) is 7.27. The summed E-state index contributed by atoms with van der Waals surface area (Å²) >= 11 is 0. The van der Waals surface area contributed by atoms with Gasteiger partial charge < -0.3 is 9.52 Å². The van der Waals surface area contributed by atoms with E-state index in [0.29, 0.717) is 22.5 Å². The number of allylic oxidation sites excluding steroid dienone is 2. The van der Waals surface area contributed by atoms with Crippen molar-refractivity contribution in [2.45, 2.75) is 26.4 Å². The van der Waals surface area contributed by atoms with Gasteiger partial charge in [0.15, 0.2) is 0 Å². The monoisotopic (exact) mass is 294 g/mol. The van der Waals surface area contributed by atoms with E-state index in [4.69, 9.17) is 4.42 Å². The summed E-state index contributed by atoms with van der Waals surface area (Å²) in [5.41, 5.74) is 4.81. The van der Waals surface area contributed by atoms with Crippen molar-refractivity contribution in [3.05, 3.63) is 52.3 Å². The third-order valence-corrected chi connectivity index (χ3v) is 4.53. The molecule has 0 amide bonds. The summed E-state index contributed by atoms with van der Waals surface area (Å²) < 4.78 is 5.49. The number of Topliss-reactive ketones (excluding diaryl/α,β-unsaturated/α-hetero) is 2. The average molecular weight is 294 g/mol. The molecule has 1 heterocycles. The molecule has 1 N–H and O–H groups in total. The second-order valence-electron chi connectivity index (χ2n) is 5.72. The Labute approximate surface area is 127 Å². The molecular weight excluding hydrogens is 280 g/mol. The van der Waals surface area contributed by atoms with Gasteiger partial charge in [0.2, 0.25) is 11.6 Å². The van der Waals surface area contributed by atoms with Crippen LogP contribution in [0.25, 0.3) is 16.9 Å². The number of rotatable bonds is 1. The molecule has 1 aromatic heterocycles. The van der Waals surface area contributed by atoms with Crippen LogP contribution in [0, 0.1) is 0 Å². The Kier molecular flexibility index (Phi) is 2.71. The Morgan fingerprint density at radius 1 is 1.14 bits per heavy atom. The third-order valence-electron chi connectivity index (χ3n) is 4.53. The largest absolute Gasteiger partial charge is 0.463 e. The number of hydrogen-bond donors (Lipinski definition) is 1. The Morgan fingerprint density at radius 2 is 1.86 bits per heavy atom. The van der Waals surface area contributed by atoms with E-state index in [0.717, 1.165) is 29.5 Å². The summed E-state index contributed by atoms with van der Waals surface area (Å²) in [7, 11) is 0. The number of carbonyl (C=O) groups excluding carboxylic acids is 2. The summed E-state index contributed by atoms with van der Waals surface area (Å²) in [6.45, 7) is 1.70. The zero-order valence-corrected chi connectivity index (χ0v) is 12.1. The van der Waals surface area contributed by atoms with Crippen LogP contribution in [-0.2, 0) is 13.0 Å². The lowest BCUT2D eigenvalue weighted by Gasteiger charge is -2.23. The summed E-state index contributed by atoms with van der Waals surface area (Å²) in [5.74, 6) is -0.676. The molecule has 0 aliphatic heterocycles. The number of furan rings is 1. The van der Waals surface area contributed by atoms with Gasteiger partial charge >= 0.3 is 0 Å². The van der Waals surface area contributed by atoms with E-state index >= 15 is 0 Å². The molecule has 4 heteroatoms. The van der Waals surface area contributed by atoms with Gasteiger partial charge in [-0.2, -0.15) is 0 Å². The molecule has 4 rings (SSSR count). The maximum absolute atomic E-state index is 12.6. The molecule has 0 radical (unpaired) electrons. The zero-order valence-electron chi connectivity index (χ0n) is 12.1. The van der Waals surface area contributed by atoms with Crippen molar-refractivity contribution in [2.24, 2.45) is 0 Å². The fourth-order valence-electron chi connectivity index (χ4n) is 3.45. The quantitative estimate of drug-likeness (QED) is 0.820. The molecule has 0 spiro atoms. The van der Waals surface area contributed by atoms with Crippen molar-refractivity contribution in [1.29, 1.82) is 0 Å². The van der Waals surface area contributed by atoms with Gasteiger partial charge in [0, 0.05) is 16.7 Å². The maximum atomic E-state index is 12.6. The van der Waals surface area contributed by atoms with Crippen LogP contribution in [0.1, 0.15) is 50.8 Å². The highest BCUT2D eigenvalue weighted by atomic mass is 16.3. The fraction of sp³-hybridized carbons (Fsp3) is 0.222.